The highest BCUT2D eigenvalue weighted by Gasteiger charge is 2.32. The molecule has 0 atom stereocenters. The van der Waals surface area contributed by atoms with Crippen molar-refractivity contribution in [3.63, 3.8) is 0 Å². The summed E-state index contributed by atoms with van der Waals surface area (Å²) in [7, 11) is 0. The molecule has 0 saturated heterocycles. The van der Waals surface area contributed by atoms with E-state index in [2.05, 4.69) is 9.72 Å². The van der Waals surface area contributed by atoms with Crippen molar-refractivity contribution >= 4 is 10.9 Å². The van der Waals surface area contributed by atoms with Crippen molar-refractivity contribution in [1.29, 1.82) is 0 Å². The molecule has 6 heteroatoms. The Bertz CT molecular complexity index is 715. The lowest BCUT2D eigenvalue weighted by atomic mass is 10.0. The van der Waals surface area contributed by atoms with Crippen molar-refractivity contribution in [2.45, 2.75) is 38.0 Å². The van der Waals surface area contributed by atoms with Crippen LogP contribution in [0.3, 0.4) is 0 Å². The number of ether oxygens (including phenoxy) is 1. The molecule has 0 amide bonds. The molecule has 0 unspecified atom stereocenters. The number of pyridine rings is 1. The van der Waals surface area contributed by atoms with Gasteiger partial charge in [0.25, 0.3) is 0 Å². The predicted octanol–water partition coefficient (Wildman–Crippen LogP) is 4.08. The molecule has 1 aliphatic rings. The van der Waals surface area contributed by atoms with Crippen molar-refractivity contribution in [3.8, 4) is 5.75 Å². The smallest absolute Gasteiger partial charge is 0.404 e. The minimum Gasteiger partial charge on any atom is -0.404 e. The number of hydrogen-bond acceptors (Lipinski definition) is 2. The maximum atomic E-state index is 12.5. The van der Waals surface area contributed by atoms with Gasteiger partial charge in [-0.3, -0.25) is 4.79 Å². The van der Waals surface area contributed by atoms with Crippen molar-refractivity contribution in [2.75, 3.05) is 0 Å². The largest absolute Gasteiger partial charge is 0.573 e. The summed E-state index contributed by atoms with van der Waals surface area (Å²) in [5.74, 6) is -0.155. The fourth-order valence-electron chi connectivity index (χ4n) is 2.93. The summed E-state index contributed by atoms with van der Waals surface area (Å²) >= 11 is 0. The first-order valence-electron chi connectivity index (χ1n) is 6.86. The van der Waals surface area contributed by atoms with E-state index in [1.54, 1.807) is 0 Å². The van der Waals surface area contributed by atoms with Gasteiger partial charge in [0, 0.05) is 17.1 Å². The van der Waals surface area contributed by atoms with E-state index in [1.807, 2.05) is 0 Å². The number of nitrogens with one attached hydrogen (secondary N) is 1. The molecule has 3 rings (SSSR count). The molecule has 0 bridgehead atoms. The number of H-pyrrole nitrogens is 1. The minimum absolute atomic E-state index is 0.115. The van der Waals surface area contributed by atoms with E-state index in [9.17, 15) is 18.0 Å². The molecule has 1 N–H and O–H groups in total. The summed E-state index contributed by atoms with van der Waals surface area (Å²) in [5, 5.41) is 0.207. The number of rotatable bonds is 2. The summed E-state index contributed by atoms with van der Waals surface area (Å²) in [6, 6.07) is 5.59. The number of fused-ring (bicyclic) bond motifs is 1. The molecular formula is C15H14F3NO2. The monoisotopic (exact) mass is 297 g/mol. The molecule has 1 saturated carbocycles. The van der Waals surface area contributed by atoms with E-state index in [1.165, 1.54) is 24.3 Å². The number of para-hydroxylation sites is 1. The van der Waals surface area contributed by atoms with Gasteiger partial charge in [0.1, 0.15) is 0 Å². The number of aromatic nitrogens is 1. The van der Waals surface area contributed by atoms with Gasteiger partial charge in [-0.05, 0) is 30.9 Å². The number of aromatic amines is 1. The van der Waals surface area contributed by atoms with Gasteiger partial charge in [-0.15, -0.1) is 13.2 Å². The van der Waals surface area contributed by atoms with Gasteiger partial charge < -0.3 is 9.72 Å². The van der Waals surface area contributed by atoms with E-state index in [-0.39, 0.29) is 28.0 Å². The molecule has 0 aliphatic heterocycles. The van der Waals surface area contributed by atoms with Gasteiger partial charge in [0.2, 0.25) is 0 Å². The van der Waals surface area contributed by atoms with E-state index in [0.29, 0.717) is 5.69 Å². The van der Waals surface area contributed by atoms with Crippen molar-refractivity contribution in [1.82, 2.24) is 4.98 Å². The van der Waals surface area contributed by atoms with E-state index in [0.717, 1.165) is 25.7 Å². The molecule has 0 spiro atoms. The summed E-state index contributed by atoms with van der Waals surface area (Å²) < 4.78 is 41.4. The molecule has 2 aromatic rings. The second-order valence-electron chi connectivity index (χ2n) is 5.30. The molecule has 21 heavy (non-hydrogen) atoms. The third kappa shape index (κ3) is 2.89. The zero-order valence-corrected chi connectivity index (χ0v) is 11.2. The first-order valence-corrected chi connectivity index (χ1v) is 6.86. The van der Waals surface area contributed by atoms with Crippen LogP contribution < -0.4 is 10.2 Å². The third-order valence-corrected chi connectivity index (χ3v) is 3.87. The van der Waals surface area contributed by atoms with Gasteiger partial charge >= 0.3 is 6.36 Å². The lowest BCUT2D eigenvalue weighted by Gasteiger charge is -2.14. The number of benzene rings is 1. The van der Waals surface area contributed by atoms with Crippen LogP contribution in [0.2, 0.25) is 0 Å². The molecule has 1 aromatic carbocycles. The highest BCUT2D eigenvalue weighted by Crippen LogP contribution is 2.34. The highest BCUT2D eigenvalue weighted by molar-refractivity contribution is 5.84. The second-order valence-corrected chi connectivity index (χ2v) is 5.30. The summed E-state index contributed by atoms with van der Waals surface area (Å²) in [6.45, 7) is 0. The van der Waals surface area contributed by atoms with E-state index in [4.69, 9.17) is 0 Å². The Hall–Kier alpha value is -1.98. The fraction of sp³-hybridized carbons (Fsp3) is 0.400. The quantitative estimate of drug-likeness (QED) is 0.907. The Morgan fingerprint density at radius 1 is 1.19 bits per heavy atom. The summed E-state index contributed by atoms with van der Waals surface area (Å²) in [5.41, 5.74) is 0.533. The SMILES string of the molecule is O=c1cc(C2CCCC2)[nH]c2c(OC(F)(F)F)cccc12. The molecule has 112 valence electrons. The van der Waals surface area contributed by atoms with Gasteiger partial charge in [-0.25, -0.2) is 0 Å². The average molecular weight is 297 g/mol. The predicted molar refractivity (Wildman–Crippen MR) is 72.5 cm³/mol. The number of hydrogen-bond donors (Lipinski definition) is 1. The van der Waals surface area contributed by atoms with Crippen LogP contribution in [0.4, 0.5) is 13.2 Å². The summed E-state index contributed by atoms with van der Waals surface area (Å²) in [6.07, 6.45) is -0.737. The molecule has 1 heterocycles. The van der Waals surface area contributed by atoms with Gasteiger partial charge in [0.15, 0.2) is 11.2 Å². The van der Waals surface area contributed by atoms with E-state index >= 15 is 0 Å². The topological polar surface area (TPSA) is 42.1 Å². The van der Waals surface area contributed by atoms with E-state index < -0.39 is 6.36 Å². The van der Waals surface area contributed by atoms with Gasteiger partial charge in [0.05, 0.1) is 5.52 Å². The van der Waals surface area contributed by atoms with Crippen LogP contribution in [-0.4, -0.2) is 11.3 Å². The normalized spacial score (nSPS) is 16.5. The average Bonchev–Trinajstić information content (AvgIpc) is 2.91. The summed E-state index contributed by atoms with van der Waals surface area (Å²) in [4.78, 5) is 15.1. The molecule has 1 fully saturated rings. The zero-order chi connectivity index (χ0) is 15.0. The van der Waals surface area contributed by atoms with Gasteiger partial charge in [-0.1, -0.05) is 18.9 Å². The maximum Gasteiger partial charge on any atom is 0.573 e. The van der Waals surface area contributed by atoms with Crippen molar-refractivity contribution in [2.24, 2.45) is 0 Å². The van der Waals surface area contributed by atoms with Crippen LogP contribution in [0.25, 0.3) is 10.9 Å². The standard InChI is InChI=1S/C15H14F3NO2/c16-15(17,18)21-13-7-3-6-10-12(20)8-11(19-14(10)13)9-4-1-2-5-9/h3,6-9H,1-2,4-5H2,(H,19,20). The van der Waals surface area contributed by atoms with Crippen LogP contribution in [0.15, 0.2) is 29.1 Å². The molecular weight excluding hydrogens is 283 g/mol. The number of alkyl halides is 3. The lowest BCUT2D eigenvalue weighted by molar-refractivity contribution is -0.274. The Labute approximate surface area is 118 Å². The zero-order valence-electron chi connectivity index (χ0n) is 11.2. The Morgan fingerprint density at radius 3 is 2.57 bits per heavy atom. The molecule has 3 nitrogen and oxygen atoms in total. The molecule has 0 radical (unpaired) electrons. The Kier molecular flexibility index (Phi) is 3.39. The van der Waals surface area contributed by atoms with Crippen LogP contribution in [-0.2, 0) is 0 Å². The molecule has 1 aromatic heterocycles. The van der Waals surface area contributed by atoms with Crippen molar-refractivity contribution < 1.29 is 17.9 Å². The van der Waals surface area contributed by atoms with Crippen LogP contribution in [0, 0.1) is 0 Å². The Morgan fingerprint density at radius 2 is 1.90 bits per heavy atom. The fourth-order valence-corrected chi connectivity index (χ4v) is 2.93. The number of halogens is 3. The van der Waals surface area contributed by atoms with Crippen LogP contribution in [0.1, 0.15) is 37.3 Å². The third-order valence-electron chi connectivity index (χ3n) is 3.87. The Balaban J connectivity index is 2.14. The van der Waals surface area contributed by atoms with Crippen molar-refractivity contribution in [3.05, 3.63) is 40.2 Å². The first-order chi connectivity index (χ1) is 9.94. The van der Waals surface area contributed by atoms with Gasteiger partial charge in [-0.2, -0.15) is 0 Å². The van der Waals surface area contributed by atoms with Crippen LogP contribution in [0.5, 0.6) is 5.75 Å². The first kappa shape index (κ1) is 14.0. The lowest BCUT2D eigenvalue weighted by Crippen LogP contribution is -2.18. The highest BCUT2D eigenvalue weighted by atomic mass is 19.4. The van der Waals surface area contributed by atoms with Crippen LogP contribution >= 0.6 is 0 Å². The maximum absolute atomic E-state index is 12.5. The molecule has 1 aliphatic carbocycles. The second kappa shape index (κ2) is 5.09. The minimum atomic E-state index is -4.78.